The molecule has 0 spiro atoms. The van der Waals surface area contributed by atoms with Gasteiger partial charge in [-0.1, -0.05) is 29.8 Å². The molecule has 3 aromatic carbocycles. The molecule has 3 aromatic rings. The van der Waals surface area contributed by atoms with Gasteiger partial charge < -0.3 is 14.8 Å². The molecule has 0 aliphatic carbocycles. The predicted molar refractivity (Wildman–Crippen MR) is 125 cm³/mol. The Morgan fingerprint density at radius 2 is 1.58 bits per heavy atom. The normalized spacial score (nSPS) is 13.2. The Labute approximate surface area is 191 Å². The third kappa shape index (κ3) is 4.02. The molecular formula is C26H21N3O4. The first kappa shape index (κ1) is 21.7. The molecule has 7 heteroatoms. The number of imide groups is 1. The summed E-state index contributed by atoms with van der Waals surface area (Å²) >= 11 is 0. The third-order valence-electron chi connectivity index (χ3n) is 5.35. The molecule has 1 heterocycles. The number of rotatable bonds is 6. The van der Waals surface area contributed by atoms with Gasteiger partial charge in [-0.05, 0) is 48.9 Å². The van der Waals surface area contributed by atoms with Crippen LogP contribution in [0.4, 0.5) is 11.4 Å². The standard InChI is InChI=1S/C26H21N3O4/c1-16-4-8-18(9-5-16)23-24(28-21-14-20(32-2)12-13-22(21)33-3)26(31)29(25(23)30)19-10-6-17(15-27)7-11-19/h4-14,28H,1-3H3. The number of anilines is 2. The Hall–Kier alpha value is -4.57. The number of carbonyl (C=O) groups is 2. The lowest BCUT2D eigenvalue weighted by molar-refractivity contribution is -0.120. The van der Waals surface area contributed by atoms with Crippen molar-refractivity contribution in [2.45, 2.75) is 6.92 Å². The second-order valence-electron chi connectivity index (χ2n) is 7.41. The number of nitriles is 1. The summed E-state index contributed by atoms with van der Waals surface area (Å²) in [5.41, 5.74) is 3.31. The minimum Gasteiger partial charge on any atom is -0.497 e. The zero-order valence-electron chi connectivity index (χ0n) is 18.4. The molecule has 4 rings (SSSR count). The number of carbonyl (C=O) groups excluding carboxylic acids is 2. The SMILES string of the molecule is COc1ccc(OC)c(NC2=C(c3ccc(C)cc3)C(=O)N(c3ccc(C#N)cc3)C2=O)c1. The molecule has 2 amide bonds. The van der Waals surface area contributed by atoms with Gasteiger partial charge in [0.1, 0.15) is 17.2 Å². The molecular weight excluding hydrogens is 418 g/mol. The van der Waals surface area contributed by atoms with Gasteiger partial charge in [0, 0.05) is 6.07 Å². The van der Waals surface area contributed by atoms with Crippen LogP contribution in [0.5, 0.6) is 11.5 Å². The van der Waals surface area contributed by atoms with Crippen molar-refractivity contribution in [2.24, 2.45) is 0 Å². The molecule has 0 fully saturated rings. The second-order valence-corrected chi connectivity index (χ2v) is 7.41. The maximum Gasteiger partial charge on any atom is 0.282 e. The number of hydrogen-bond donors (Lipinski definition) is 1. The van der Waals surface area contributed by atoms with E-state index in [-0.39, 0.29) is 11.3 Å². The van der Waals surface area contributed by atoms with Gasteiger partial charge in [0.25, 0.3) is 11.8 Å². The van der Waals surface area contributed by atoms with Crippen molar-refractivity contribution in [1.29, 1.82) is 5.26 Å². The summed E-state index contributed by atoms with van der Waals surface area (Å²) in [6.45, 7) is 1.95. The van der Waals surface area contributed by atoms with E-state index in [2.05, 4.69) is 5.32 Å². The Balaban J connectivity index is 1.84. The highest BCUT2D eigenvalue weighted by molar-refractivity contribution is 6.46. The topological polar surface area (TPSA) is 91.7 Å². The van der Waals surface area contributed by atoms with E-state index < -0.39 is 11.8 Å². The van der Waals surface area contributed by atoms with Crippen molar-refractivity contribution >= 4 is 28.8 Å². The van der Waals surface area contributed by atoms with Gasteiger partial charge in [-0.3, -0.25) is 9.59 Å². The molecule has 164 valence electrons. The van der Waals surface area contributed by atoms with E-state index in [1.165, 1.54) is 7.11 Å². The van der Waals surface area contributed by atoms with Crippen LogP contribution >= 0.6 is 0 Å². The monoisotopic (exact) mass is 439 g/mol. The first-order valence-corrected chi connectivity index (χ1v) is 10.2. The van der Waals surface area contributed by atoms with Crippen molar-refractivity contribution in [3.8, 4) is 17.6 Å². The Morgan fingerprint density at radius 3 is 2.18 bits per heavy atom. The van der Waals surface area contributed by atoms with Gasteiger partial charge in [0.2, 0.25) is 0 Å². The van der Waals surface area contributed by atoms with Crippen LogP contribution in [0.2, 0.25) is 0 Å². The van der Waals surface area contributed by atoms with Gasteiger partial charge in [0.05, 0.1) is 42.8 Å². The minimum absolute atomic E-state index is 0.125. The van der Waals surface area contributed by atoms with Gasteiger partial charge in [-0.2, -0.15) is 5.26 Å². The first-order valence-electron chi connectivity index (χ1n) is 10.2. The number of benzene rings is 3. The Kier molecular flexibility index (Phi) is 5.83. The van der Waals surface area contributed by atoms with E-state index in [1.807, 2.05) is 37.3 Å². The molecule has 0 bridgehead atoms. The summed E-state index contributed by atoms with van der Waals surface area (Å²) in [5.74, 6) is 0.0863. The molecule has 0 aromatic heterocycles. The summed E-state index contributed by atoms with van der Waals surface area (Å²) in [4.78, 5) is 28.2. The Morgan fingerprint density at radius 1 is 0.879 bits per heavy atom. The Bertz CT molecular complexity index is 1300. The minimum atomic E-state index is -0.509. The van der Waals surface area contributed by atoms with Gasteiger partial charge in [0.15, 0.2) is 0 Å². The average molecular weight is 439 g/mol. The first-order chi connectivity index (χ1) is 16.0. The number of hydrogen-bond acceptors (Lipinski definition) is 6. The lowest BCUT2D eigenvalue weighted by Crippen LogP contribution is -2.32. The van der Waals surface area contributed by atoms with Crippen LogP contribution in [0.15, 0.2) is 72.4 Å². The fourth-order valence-electron chi connectivity index (χ4n) is 3.60. The molecule has 0 radical (unpaired) electrons. The summed E-state index contributed by atoms with van der Waals surface area (Å²) in [6.07, 6.45) is 0. The lowest BCUT2D eigenvalue weighted by Gasteiger charge is -2.16. The number of nitrogens with one attached hydrogen (secondary N) is 1. The second kappa shape index (κ2) is 8.89. The molecule has 7 nitrogen and oxygen atoms in total. The fourth-order valence-corrected chi connectivity index (χ4v) is 3.60. The van der Waals surface area contributed by atoms with Crippen molar-refractivity contribution in [3.05, 3.63) is 89.1 Å². The van der Waals surface area contributed by atoms with E-state index in [4.69, 9.17) is 14.7 Å². The maximum atomic E-state index is 13.5. The zero-order chi connectivity index (χ0) is 23.5. The summed E-state index contributed by atoms with van der Waals surface area (Å²) < 4.78 is 10.7. The molecule has 1 aliphatic rings. The molecule has 0 saturated carbocycles. The third-order valence-corrected chi connectivity index (χ3v) is 5.35. The van der Waals surface area contributed by atoms with E-state index in [1.54, 1.807) is 49.6 Å². The van der Waals surface area contributed by atoms with Gasteiger partial charge in [-0.25, -0.2) is 4.90 Å². The number of ether oxygens (including phenoxy) is 2. The molecule has 0 saturated heterocycles. The van der Waals surface area contributed by atoms with Crippen molar-refractivity contribution in [2.75, 3.05) is 24.4 Å². The highest BCUT2D eigenvalue weighted by atomic mass is 16.5. The number of aryl methyl sites for hydroxylation is 1. The highest BCUT2D eigenvalue weighted by Crippen LogP contribution is 2.37. The predicted octanol–water partition coefficient (Wildman–Crippen LogP) is 4.28. The van der Waals surface area contributed by atoms with Crippen molar-refractivity contribution in [1.82, 2.24) is 0 Å². The largest absolute Gasteiger partial charge is 0.497 e. The van der Waals surface area contributed by atoms with Crippen molar-refractivity contribution in [3.63, 3.8) is 0 Å². The van der Waals surface area contributed by atoms with Crippen LogP contribution in [0, 0.1) is 18.3 Å². The quantitative estimate of drug-likeness (QED) is 0.577. The van der Waals surface area contributed by atoms with Crippen LogP contribution < -0.4 is 19.7 Å². The van der Waals surface area contributed by atoms with Gasteiger partial charge in [-0.15, -0.1) is 0 Å². The van der Waals surface area contributed by atoms with E-state index in [0.717, 1.165) is 10.5 Å². The molecule has 0 unspecified atom stereocenters. The fraction of sp³-hybridized carbons (Fsp3) is 0.115. The van der Waals surface area contributed by atoms with E-state index in [0.29, 0.717) is 34.0 Å². The number of nitrogens with zero attached hydrogens (tertiary/aromatic N) is 2. The van der Waals surface area contributed by atoms with Crippen LogP contribution in [-0.4, -0.2) is 26.0 Å². The summed E-state index contributed by atoms with van der Waals surface area (Å²) in [6, 6.07) is 20.9. The summed E-state index contributed by atoms with van der Waals surface area (Å²) in [5, 5.41) is 12.2. The lowest BCUT2D eigenvalue weighted by atomic mass is 10.0. The zero-order valence-corrected chi connectivity index (χ0v) is 18.4. The van der Waals surface area contributed by atoms with Crippen molar-refractivity contribution < 1.29 is 19.1 Å². The average Bonchev–Trinajstić information content (AvgIpc) is 3.08. The van der Waals surface area contributed by atoms with E-state index >= 15 is 0 Å². The van der Waals surface area contributed by atoms with Crippen LogP contribution in [-0.2, 0) is 9.59 Å². The molecule has 33 heavy (non-hydrogen) atoms. The van der Waals surface area contributed by atoms with Gasteiger partial charge >= 0.3 is 0 Å². The van der Waals surface area contributed by atoms with Crippen LogP contribution in [0.3, 0.4) is 0 Å². The smallest absolute Gasteiger partial charge is 0.282 e. The number of amides is 2. The van der Waals surface area contributed by atoms with Crippen LogP contribution in [0.1, 0.15) is 16.7 Å². The van der Waals surface area contributed by atoms with Crippen LogP contribution in [0.25, 0.3) is 5.57 Å². The number of methoxy groups -OCH3 is 2. The highest BCUT2D eigenvalue weighted by Gasteiger charge is 2.40. The summed E-state index contributed by atoms with van der Waals surface area (Å²) in [7, 11) is 3.06. The molecule has 0 atom stereocenters. The van der Waals surface area contributed by atoms with E-state index in [9.17, 15) is 9.59 Å². The molecule has 1 N–H and O–H groups in total. The molecule has 1 aliphatic heterocycles. The maximum absolute atomic E-state index is 13.5.